The molecule has 0 aliphatic carbocycles. The molecule has 3 aromatic rings. The number of nitrogens with zero attached hydrogens (tertiary/aromatic N) is 2. The number of fused-ring (bicyclic) bond motifs is 1. The molecule has 0 spiro atoms. The highest BCUT2D eigenvalue weighted by Crippen LogP contribution is 2.29. The van der Waals surface area contributed by atoms with Crippen molar-refractivity contribution in [3.8, 4) is 5.75 Å². The molecule has 4 N–H and O–H groups in total. The van der Waals surface area contributed by atoms with E-state index in [0.29, 0.717) is 5.82 Å². The number of hydrogen-bond donors (Lipinski definition) is 3. The molecule has 5 nitrogen and oxygen atoms in total. The van der Waals surface area contributed by atoms with Gasteiger partial charge in [0.25, 0.3) is 0 Å². The molecule has 100 valence electrons. The summed E-state index contributed by atoms with van der Waals surface area (Å²) >= 11 is 0. The first-order valence-corrected chi connectivity index (χ1v) is 6.14. The summed E-state index contributed by atoms with van der Waals surface area (Å²) < 4.78 is 0. The molecule has 0 amide bonds. The average Bonchev–Trinajstić information content (AvgIpc) is 2.81. The van der Waals surface area contributed by atoms with Gasteiger partial charge in [-0.05, 0) is 31.2 Å². The Bertz CT molecular complexity index is 800. The van der Waals surface area contributed by atoms with Gasteiger partial charge in [0.05, 0.1) is 5.69 Å². The third-order valence-corrected chi connectivity index (χ3v) is 3.30. The summed E-state index contributed by atoms with van der Waals surface area (Å²) in [5.41, 5.74) is 9.92. The van der Waals surface area contributed by atoms with Crippen molar-refractivity contribution in [2.24, 2.45) is 0 Å². The molecule has 1 aromatic carbocycles. The number of aryl methyl sites for hydroxylation is 1. The van der Waals surface area contributed by atoms with Gasteiger partial charge in [0.1, 0.15) is 17.9 Å². The number of hydrogen-bond acceptors (Lipinski definition) is 4. The molecule has 2 aromatic heterocycles. The number of rotatable bonds is 2. The van der Waals surface area contributed by atoms with Crippen LogP contribution in [0.15, 0.2) is 37.2 Å². The second kappa shape index (κ2) is 4.38. The number of phenolic OH excluding ortho intramolecular Hbond substituents is 1. The van der Waals surface area contributed by atoms with Crippen molar-refractivity contribution in [2.75, 3.05) is 5.73 Å². The van der Waals surface area contributed by atoms with Gasteiger partial charge in [0.2, 0.25) is 0 Å². The fourth-order valence-electron chi connectivity index (χ4n) is 2.28. The number of aromatic hydroxyl groups is 1. The summed E-state index contributed by atoms with van der Waals surface area (Å²) in [6.07, 6.45) is 1.44. The van der Waals surface area contributed by atoms with E-state index in [2.05, 4.69) is 21.5 Å². The van der Waals surface area contributed by atoms with Crippen molar-refractivity contribution in [2.45, 2.75) is 6.92 Å². The molecular weight excluding hydrogens is 252 g/mol. The van der Waals surface area contributed by atoms with E-state index in [1.165, 1.54) is 6.33 Å². The maximum absolute atomic E-state index is 9.51. The zero-order valence-electron chi connectivity index (χ0n) is 11.0. The van der Waals surface area contributed by atoms with Crippen molar-refractivity contribution in [3.63, 3.8) is 0 Å². The Hall–Kier alpha value is -2.82. The smallest absolute Gasteiger partial charge is 0.135 e. The number of nitrogens with one attached hydrogen (secondary N) is 1. The predicted molar refractivity (Wildman–Crippen MR) is 79.3 cm³/mol. The summed E-state index contributed by atoms with van der Waals surface area (Å²) in [4.78, 5) is 11.4. The molecule has 0 unspecified atom stereocenters. The highest BCUT2D eigenvalue weighted by Gasteiger charge is 2.13. The topological polar surface area (TPSA) is 87.8 Å². The van der Waals surface area contributed by atoms with Crippen LogP contribution in [-0.2, 0) is 0 Å². The fourth-order valence-corrected chi connectivity index (χ4v) is 2.28. The number of aromatic amines is 1. The third-order valence-electron chi connectivity index (χ3n) is 3.30. The van der Waals surface area contributed by atoms with Gasteiger partial charge in [-0.3, -0.25) is 0 Å². The first-order chi connectivity index (χ1) is 9.56. The Kier molecular flexibility index (Phi) is 2.68. The van der Waals surface area contributed by atoms with Crippen molar-refractivity contribution in [1.82, 2.24) is 15.0 Å². The molecule has 0 bridgehead atoms. The molecule has 2 heterocycles. The van der Waals surface area contributed by atoms with Gasteiger partial charge >= 0.3 is 0 Å². The van der Waals surface area contributed by atoms with Crippen molar-refractivity contribution in [3.05, 3.63) is 54.1 Å². The molecule has 0 atom stereocenters. The van der Waals surface area contributed by atoms with Crippen molar-refractivity contribution >= 4 is 22.3 Å². The molecule has 0 radical (unpaired) electrons. The Morgan fingerprint density at radius 1 is 1.30 bits per heavy atom. The number of H-pyrrole nitrogens is 1. The van der Waals surface area contributed by atoms with Crippen LogP contribution in [0.4, 0.5) is 5.82 Å². The zero-order chi connectivity index (χ0) is 14.3. The van der Waals surface area contributed by atoms with Crippen LogP contribution in [0.25, 0.3) is 16.5 Å². The van der Waals surface area contributed by atoms with E-state index in [9.17, 15) is 5.11 Å². The minimum absolute atomic E-state index is 0.229. The average molecular weight is 266 g/mol. The van der Waals surface area contributed by atoms with Crippen LogP contribution >= 0.6 is 0 Å². The van der Waals surface area contributed by atoms with Gasteiger partial charge in [0.15, 0.2) is 0 Å². The Morgan fingerprint density at radius 3 is 2.85 bits per heavy atom. The van der Waals surface area contributed by atoms with Crippen LogP contribution in [0.1, 0.15) is 17.0 Å². The molecule has 0 saturated heterocycles. The Balaban J connectivity index is 2.13. The second-order valence-electron chi connectivity index (χ2n) is 4.65. The number of nitrogens with two attached hydrogens (primary N) is 1. The minimum Gasteiger partial charge on any atom is -0.508 e. The number of phenols is 1. The van der Waals surface area contributed by atoms with E-state index in [1.54, 1.807) is 12.1 Å². The van der Waals surface area contributed by atoms with E-state index >= 15 is 0 Å². The molecule has 3 rings (SSSR count). The lowest BCUT2D eigenvalue weighted by molar-refractivity contribution is 0.476. The Morgan fingerprint density at radius 2 is 2.10 bits per heavy atom. The number of aromatic nitrogens is 3. The van der Waals surface area contributed by atoms with Gasteiger partial charge in [-0.15, -0.1) is 0 Å². The van der Waals surface area contributed by atoms with Crippen molar-refractivity contribution in [1.29, 1.82) is 0 Å². The quantitative estimate of drug-likeness (QED) is 0.665. The largest absolute Gasteiger partial charge is 0.508 e. The minimum atomic E-state index is 0.229. The summed E-state index contributed by atoms with van der Waals surface area (Å²) in [6.45, 7) is 5.95. The summed E-state index contributed by atoms with van der Waals surface area (Å²) in [7, 11) is 0. The maximum Gasteiger partial charge on any atom is 0.135 e. The summed E-state index contributed by atoms with van der Waals surface area (Å²) in [5.74, 6) is 0.636. The predicted octanol–water partition coefficient (Wildman–Crippen LogP) is 2.62. The van der Waals surface area contributed by atoms with Gasteiger partial charge in [-0.25, -0.2) is 9.97 Å². The summed E-state index contributed by atoms with van der Waals surface area (Å²) in [5, 5.41) is 10.4. The van der Waals surface area contributed by atoms with Gasteiger partial charge in [-0.1, -0.05) is 6.58 Å². The van der Waals surface area contributed by atoms with Crippen LogP contribution in [-0.4, -0.2) is 20.1 Å². The second-order valence-corrected chi connectivity index (χ2v) is 4.65. The van der Waals surface area contributed by atoms with E-state index in [0.717, 1.165) is 33.4 Å². The van der Waals surface area contributed by atoms with Gasteiger partial charge < -0.3 is 15.8 Å². The lowest BCUT2D eigenvalue weighted by Crippen LogP contribution is -2.02. The molecule has 0 fully saturated rings. The zero-order valence-corrected chi connectivity index (χ0v) is 11.0. The first-order valence-electron chi connectivity index (χ1n) is 6.14. The number of anilines is 1. The van der Waals surface area contributed by atoms with Crippen LogP contribution in [0, 0.1) is 6.92 Å². The third kappa shape index (κ3) is 1.89. The van der Waals surface area contributed by atoms with Crippen molar-refractivity contribution < 1.29 is 5.11 Å². The highest BCUT2D eigenvalue weighted by atomic mass is 16.3. The van der Waals surface area contributed by atoms with Crippen LogP contribution in [0.5, 0.6) is 5.75 Å². The molecule has 5 heteroatoms. The van der Waals surface area contributed by atoms with Crippen LogP contribution in [0.3, 0.4) is 0 Å². The number of nitrogen functional groups attached to an aromatic ring is 1. The van der Waals surface area contributed by atoms with E-state index in [-0.39, 0.29) is 5.75 Å². The highest BCUT2D eigenvalue weighted by molar-refractivity contribution is 5.90. The molecule has 0 aliphatic heterocycles. The molecule has 0 saturated carbocycles. The monoisotopic (exact) mass is 266 g/mol. The molecule has 20 heavy (non-hydrogen) atoms. The fraction of sp³-hybridized carbons (Fsp3) is 0.0667. The van der Waals surface area contributed by atoms with Crippen LogP contribution < -0.4 is 5.73 Å². The Labute approximate surface area is 115 Å². The lowest BCUT2D eigenvalue weighted by Gasteiger charge is -2.08. The van der Waals surface area contributed by atoms with Gasteiger partial charge in [-0.2, -0.15) is 0 Å². The first kappa shape index (κ1) is 12.2. The van der Waals surface area contributed by atoms with Crippen LogP contribution in [0.2, 0.25) is 0 Å². The SMILES string of the molecule is C=C(c1cc2cc(O)ccc2[nH]1)c1c(C)ncnc1N. The van der Waals surface area contributed by atoms with Gasteiger partial charge in [0, 0.05) is 27.7 Å². The normalized spacial score (nSPS) is 10.8. The van der Waals surface area contributed by atoms with E-state index < -0.39 is 0 Å². The lowest BCUT2D eigenvalue weighted by atomic mass is 10.0. The van der Waals surface area contributed by atoms with E-state index in [1.807, 2.05) is 19.1 Å². The standard InChI is InChI=1S/C15H14N4O/c1-8(14-9(2)17-7-18-15(14)16)13-6-10-5-11(20)3-4-12(10)19-13/h3-7,19-20H,1H2,2H3,(H2,16,17,18). The summed E-state index contributed by atoms with van der Waals surface area (Å²) in [6, 6.07) is 7.07. The maximum atomic E-state index is 9.51. The number of benzene rings is 1. The molecular formula is C15H14N4O. The van der Waals surface area contributed by atoms with E-state index in [4.69, 9.17) is 5.73 Å². The molecule has 0 aliphatic rings.